The Balaban J connectivity index is 1.80. The van der Waals surface area contributed by atoms with Crippen LogP contribution in [0.5, 0.6) is 0 Å². The van der Waals surface area contributed by atoms with Crippen molar-refractivity contribution in [3.8, 4) is 0 Å². The summed E-state index contributed by atoms with van der Waals surface area (Å²) < 4.78 is 25.9. The van der Waals surface area contributed by atoms with Crippen molar-refractivity contribution in [2.24, 2.45) is 5.92 Å². The van der Waals surface area contributed by atoms with Gasteiger partial charge in [-0.1, -0.05) is 0 Å². The fourth-order valence-electron chi connectivity index (χ4n) is 3.99. The molecule has 0 aromatic heterocycles. The summed E-state index contributed by atoms with van der Waals surface area (Å²) in [5, 5.41) is 9.21. The SMILES string of the molecule is CS(=O)(=O)Nc1cc(C(=O)O)ccc1N1CCCC(CN2CCCC2)C1. The average molecular weight is 381 g/mol. The monoisotopic (exact) mass is 381 g/mol. The number of rotatable bonds is 6. The van der Waals surface area contributed by atoms with Gasteiger partial charge in [0.15, 0.2) is 0 Å². The Bertz CT molecular complexity index is 760. The van der Waals surface area contributed by atoms with Crippen LogP contribution >= 0.6 is 0 Å². The molecule has 8 heteroatoms. The number of hydrogen-bond acceptors (Lipinski definition) is 5. The number of anilines is 2. The molecule has 0 amide bonds. The number of carboxylic acid groups (broad SMARTS) is 1. The molecular weight excluding hydrogens is 354 g/mol. The van der Waals surface area contributed by atoms with E-state index < -0.39 is 16.0 Å². The Morgan fingerprint density at radius 3 is 2.62 bits per heavy atom. The first-order valence-corrected chi connectivity index (χ1v) is 11.0. The zero-order valence-corrected chi connectivity index (χ0v) is 16.0. The molecule has 1 aromatic carbocycles. The second-order valence-corrected chi connectivity index (χ2v) is 9.12. The minimum atomic E-state index is -3.49. The van der Waals surface area contributed by atoms with Gasteiger partial charge < -0.3 is 14.9 Å². The summed E-state index contributed by atoms with van der Waals surface area (Å²) in [6, 6.07) is 4.66. The highest BCUT2D eigenvalue weighted by atomic mass is 32.2. The third kappa shape index (κ3) is 4.88. The van der Waals surface area contributed by atoms with Crippen molar-refractivity contribution >= 4 is 27.4 Å². The van der Waals surface area contributed by atoms with Gasteiger partial charge >= 0.3 is 5.97 Å². The van der Waals surface area contributed by atoms with Crippen LogP contribution < -0.4 is 9.62 Å². The molecule has 7 nitrogen and oxygen atoms in total. The van der Waals surface area contributed by atoms with Gasteiger partial charge in [-0.3, -0.25) is 4.72 Å². The summed E-state index contributed by atoms with van der Waals surface area (Å²) in [5.74, 6) is -0.522. The van der Waals surface area contributed by atoms with Gasteiger partial charge in [-0.2, -0.15) is 0 Å². The van der Waals surface area contributed by atoms with Gasteiger partial charge in [0.05, 0.1) is 23.2 Å². The molecule has 144 valence electrons. The highest BCUT2D eigenvalue weighted by molar-refractivity contribution is 7.92. The van der Waals surface area contributed by atoms with Gasteiger partial charge in [0, 0.05) is 19.6 Å². The lowest BCUT2D eigenvalue weighted by Gasteiger charge is -2.37. The molecule has 1 atom stereocenters. The van der Waals surface area contributed by atoms with Gasteiger partial charge in [0.2, 0.25) is 10.0 Å². The first kappa shape index (κ1) is 19.0. The largest absolute Gasteiger partial charge is 0.478 e. The molecule has 3 rings (SSSR count). The van der Waals surface area contributed by atoms with E-state index in [1.807, 2.05) is 0 Å². The van der Waals surface area contributed by atoms with E-state index in [1.165, 1.54) is 44.5 Å². The molecule has 0 aliphatic carbocycles. The Hall–Kier alpha value is -1.80. The molecule has 1 unspecified atom stereocenters. The van der Waals surface area contributed by atoms with Crippen molar-refractivity contribution in [1.29, 1.82) is 0 Å². The van der Waals surface area contributed by atoms with Crippen LogP contribution in [0, 0.1) is 5.92 Å². The van der Waals surface area contributed by atoms with Gasteiger partial charge in [-0.25, -0.2) is 13.2 Å². The smallest absolute Gasteiger partial charge is 0.335 e. The minimum Gasteiger partial charge on any atom is -0.478 e. The number of carbonyl (C=O) groups is 1. The number of piperidine rings is 1. The maximum absolute atomic E-state index is 11.7. The predicted molar refractivity (Wildman–Crippen MR) is 102 cm³/mol. The third-order valence-corrected chi connectivity index (χ3v) is 5.70. The molecule has 0 radical (unpaired) electrons. The molecule has 2 N–H and O–H groups in total. The standard InChI is InChI=1S/C18H27N3O4S/c1-26(24,25)19-16-11-15(18(22)23)6-7-17(16)21-10-4-5-14(13-21)12-20-8-2-3-9-20/h6-7,11,14,19H,2-5,8-10,12-13H2,1H3,(H,22,23). The summed E-state index contributed by atoms with van der Waals surface area (Å²) >= 11 is 0. The van der Waals surface area contributed by atoms with E-state index in [4.69, 9.17) is 0 Å². The number of aromatic carboxylic acids is 1. The summed E-state index contributed by atoms with van der Waals surface area (Å²) in [7, 11) is -3.49. The zero-order chi connectivity index (χ0) is 18.7. The van der Waals surface area contributed by atoms with Crippen molar-refractivity contribution in [2.45, 2.75) is 25.7 Å². The van der Waals surface area contributed by atoms with Crippen LogP contribution in [0.4, 0.5) is 11.4 Å². The number of likely N-dealkylation sites (tertiary alicyclic amines) is 1. The normalized spacial score (nSPS) is 21.7. The fraction of sp³-hybridized carbons (Fsp3) is 0.611. The van der Waals surface area contributed by atoms with Crippen molar-refractivity contribution in [2.75, 3.05) is 48.6 Å². The number of carboxylic acids is 1. The van der Waals surface area contributed by atoms with Crippen molar-refractivity contribution in [1.82, 2.24) is 4.90 Å². The molecule has 0 saturated carbocycles. The lowest BCUT2D eigenvalue weighted by atomic mass is 9.96. The summed E-state index contributed by atoms with van der Waals surface area (Å²) in [6.07, 6.45) is 5.86. The van der Waals surface area contributed by atoms with E-state index in [1.54, 1.807) is 6.07 Å². The Labute approximate surface area is 155 Å². The van der Waals surface area contributed by atoms with E-state index in [-0.39, 0.29) is 5.56 Å². The van der Waals surface area contributed by atoms with Crippen LogP contribution in [0.25, 0.3) is 0 Å². The molecule has 2 aliphatic rings. The summed E-state index contributed by atoms with van der Waals surface area (Å²) in [4.78, 5) is 16.0. The van der Waals surface area contributed by atoms with Crippen LogP contribution in [0.1, 0.15) is 36.0 Å². The average Bonchev–Trinajstić information content (AvgIpc) is 3.06. The van der Waals surface area contributed by atoms with Crippen LogP contribution in [0.3, 0.4) is 0 Å². The van der Waals surface area contributed by atoms with E-state index in [0.29, 0.717) is 11.6 Å². The lowest BCUT2D eigenvalue weighted by Crippen LogP contribution is -2.40. The summed E-state index contributed by atoms with van der Waals surface area (Å²) in [5.41, 5.74) is 1.17. The van der Waals surface area contributed by atoms with Crippen LogP contribution in [-0.4, -0.2) is 63.4 Å². The van der Waals surface area contributed by atoms with Gasteiger partial charge in [0.1, 0.15) is 0 Å². The molecule has 1 aromatic rings. The Morgan fingerprint density at radius 1 is 1.23 bits per heavy atom. The molecule has 2 saturated heterocycles. The van der Waals surface area contributed by atoms with Gasteiger partial charge in [-0.15, -0.1) is 0 Å². The quantitative estimate of drug-likeness (QED) is 0.784. The first-order valence-electron chi connectivity index (χ1n) is 9.14. The van der Waals surface area contributed by atoms with E-state index in [0.717, 1.165) is 38.0 Å². The highest BCUT2D eigenvalue weighted by Crippen LogP contribution is 2.32. The minimum absolute atomic E-state index is 0.0746. The maximum atomic E-state index is 11.7. The molecule has 0 spiro atoms. The number of nitrogens with one attached hydrogen (secondary N) is 1. The van der Waals surface area contributed by atoms with Crippen LogP contribution in [0.2, 0.25) is 0 Å². The number of nitrogens with zero attached hydrogens (tertiary/aromatic N) is 2. The molecule has 2 heterocycles. The molecular formula is C18H27N3O4S. The molecule has 26 heavy (non-hydrogen) atoms. The van der Waals surface area contributed by atoms with Crippen molar-refractivity contribution in [3.05, 3.63) is 23.8 Å². The van der Waals surface area contributed by atoms with E-state index >= 15 is 0 Å². The topological polar surface area (TPSA) is 89.9 Å². The maximum Gasteiger partial charge on any atom is 0.335 e. The third-order valence-electron chi connectivity index (χ3n) is 5.11. The van der Waals surface area contributed by atoms with Crippen LogP contribution in [-0.2, 0) is 10.0 Å². The Kier molecular flexibility index (Phi) is 5.72. The molecule has 0 bridgehead atoms. The Morgan fingerprint density at radius 2 is 1.96 bits per heavy atom. The first-order chi connectivity index (χ1) is 12.3. The second kappa shape index (κ2) is 7.84. The van der Waals surface area contributed by atoms with E-state index in [2.05, 4.69) is 14.5 Å². The van der Waals surface area contributed by atoms with Crippen molar-refractivity contribution < 1.29 is 18.3 Å². The second-order valence-electron chi connectivity index (χ2n) is 7.37. The van der Waals surface area contributed by atoms with E-state index in [9.17, 15) is 18.3 Å². The predicted octanol–water partition coefficient (Wildman–Crippen LogP) is 2.07. The van der Waals surface area contributed by atoms with Crippen molar-refractivity contribution in [3.63, 3.8) is 0 Å². The summed E-state index contributed by atoms with van der Waals surface area (Å²) in [6.45, 7) is 5.14. The fourth-order valence-corrected chi connectivity index (χ4v) is 4.55. The van der Waals surface area contributed by atoms with Crippen LogP contribution in [0.15, 0.2) is 18.2 Å². The number of hydrogen-bond donors (Lipinski definition) is 2. The van der Waals surface area contributed by atoms with Gasteiger partial charge in [0.25, 0.3) is 0 Å². The lowest BCUT2D eigenvalue weighted by molar-refractivity contribution is 0.0697. The number of benzene rings is 1. The molecule has 2 aliphatic heterocycles. The molecule has 2 fully saturated rings. The number of sulfonamides is 1. The highest BCUT2D eigenvalue weighted by Gasteiger charge is 2.25. The van der Waals surface area contributed by atoms with Gasteiger partial charge in [-0.05, 0) is 62.9 Å². The zero-order valence-electron chi connectivity index (χ0n) is 15.1.